The van der Waals surface area contributed by atoms with Gasteiger partial charge in [0.05, 0.1) is 32.5 Å². The molecule has 0 bridgehead atoms. The van der Waals surface area contributed by atoms with Crippen molar-refractivity contribution in [3.63, 3.8) is 0 Å². The van der Waals surface area contributed by atoms with Crippen LogP contribution in [0.1, 0.15) is 23.6 Å². The molecule has 4 atom stereocenters. The van der Waals surface area contributed by atoms with Gasteiger partial charge in [-0.25, -0.2) is 0 Å². The Morgan fingerprint density at radius 1 is 0.763 bits per heavy atom. The van der Waals surface area contributed by atoms with Crippen LogP contribution in [0.3, 0.4) is 0 Å². The molecular weight excluding hydrogens is 482 g/mol. The third-order valence-electron chi connectivity index (χ3n) is 6.13. The average Bonchev–Trinajstić information content (AvgIpc) is 2.94. The maximum Gasteiger partial charge on any atom is 0.303 e. The molecule has 4 rings (SSSR count). The van der Waals surface area contributed by atoms with E-state index in [-0.39, 0.29) is 13.2 Å². The van der Waals surface area contributed by atoms with Gasteiger partial charge in [0, 0.05) is 11.8 Å². The lowest BCUT2D eigenvalue weighted by Gasteiger charge is -2.40. The smallest absolute Gasteiger partial charge is 0.303 e. The summed E-state index contributed by atoms with van der Waals surface area (Å²) in [6.07, 6.45) is -0.440. The van der Waals surface area contributed by atoms with E-state index in [1.165, 1.54) is 6.92 Å². The van der Waals surface area contributed by atoms with Crippen molar-refractivity contribution in [1.29, 1.82) is 0 Å². The van der Waals surface area contributed by atoms with E-state index in [1.54, 1.807) is 6.08 Å². The number of ether oxygens (including phenoxy) is 4. The quantitative estimate of drug-likeness (QED) is 0.0983. The van der Waals surface area contributed by atoms with Crippen LogP contribution in [-0.4, -0.2) is 36.9 Å². The van der Waals surface area contributed by atoms with Gasteiger partial charge in [-0.15, -0.1) is 0 Å². The minimum atomic E-state index is -0.870. The van der Waals surface area contributed by atoms with Crippen molar-refractivity contribution in [2.75, 3.05) is 6.61 Å². The molecule has 0 aromatic heterocycles. The van der Waals surface area contributed by atoms with Crippen LogP contribution in [0.15, 0.2) is 108 Å². The predicted molar refractivity (Wildman–Crippen MR) is 143 cm³/mol. The lowest BCUT2D eigenvalue weighted by molar-refractivity contribution is -0.171. The van der Waals surface area contributed by atoms with Gasteiger partial charge < -0.3 is 18.9 Å². The van der Waals surface area contributed by atoms with Crippen LogP contribution in [0.2, 0.25) is 0 Å². The Morgan fingerprint density at radius 2 is 1.29 bits per heavy atom. The van der Waals surface area contributed by atoms with Gasteiger partial charge in [-0.2, -0.15) is 0 Å². The van der Waals surface area contributed by atoms with Crippen LogP contribution in [0.4, 0.5) is 0 Å². The molecule has 0 unspecified atom stereocenters. The maximum atomic E-state index is 12.1. The Hall–Kier alpha value is -3.94. The number of hydrogen-bond acceptors (Lipinski definition) is 6. The van der Waals surface area contributed by atoms with E-state index in [2.05, 4.69) is 10.0 Å². The molecule has 3 aromatic rings. The minimum Gasteiger partial charge on any atom is -0.459 e. The first kappa shape index (κ1) is 27.1. The molecule has 1 aliphatic carbocycles. The van der Waals surface area contributed by atoms with Crippen LogP contribution in [0.5, 0.6) is 0 Å². The summed E-state index contributed by atoms with van der Waals surface area (Å²) in [6.45, 7) is 2.52. The second-order valence-electron chi connectivity index (χ2n) is 8.97. The van der Waals surface area contributed by atoms with Crippen LogP contribution in [0, 0.1) is 0 Å². The second kappa shape index (κ2) is 14.1. The first-order valence-corrected chi connectivity index (χ1v) is 12.5. The highest BCUT2D eigenvalue weighted by molar-refractivity contribution is 5.66. The molecule has 196 valence electrons. The molecule has 0 heterocycles. The SMILES string of the molecule is CC(=O)O[C@H]1[C@@H](OCc2ccccc2)[C@H](OCc2ccccc2)C(COCc2ccccc2)=C[C@@H]1N=[N+]=[N-]. The molecule has 0 saturated heterocycles. The fourth-order valence-corrected chi connectivity index (χ4v) is 4.38. The van der Waals surface area contributed by atoms with Crippen molar-refractivity contribution in [3.8, 4) is 0 Å². The third kappa shape index (κ3) is 7.78. The molecule has 8 nitrogen and oxygen atoms in total. The van der Waals surface area contributed by atoms with Gasteiger partial charge in [0.25, 0.3) is 0 Å². The van der Waals surface area contributed by atoms with Gasteiger partial charge in [0.15, 0.2) is 0 Å². The summed E-state index contributed by atoms with van der Waals surface area (Å²) >= 11 is 0. The topological polar surface area (TPSA) is 103 Å². The van der Waals surface area contributed by atoms with E-state index >= 15 is 0 Å². The molecule has 1 aliphatic rings. The molecular formula is C30H31N3O5. The summed E-state index contributed by atoms with van der Waals surface area (Å²) < 4.78 is 24.5. The lowest BCUT2D eigenvalue weighted by atomic mass is 9.87. The number of carbonyl (C=O) groups excluding carboxylic acids is 1. The van der Waals surface area contributed by atoms with E-state index in [0.717, 1.165) is 22.3 Å². The van der Waals surface area contributed by atoms with E-state index in [4.69, 9.17) is 18.9 Å². The van der Waals surface area contributed by atoms with Gasteiger partial charge in [-0.05, 0) is 27.8 Å². The number of azide groups is 1. The van der Waals surface area contributed by atoms with Crippen molar-refractivity contribution in [2.24, 2.45) is 5.11 Å². The lowest BCUT2D eigenvalue weighted by Crippen LogP contribution is -2.52. The summed E-state index contributed by atoms with van der Waals surface area (Å²) in [7, 11) is 0. The number of benzene rings is 3. The van der Waals surface area contributed by atoms with Gasteiger partial charge in [-0.1, -0.05) is 102 Å². The zero-order valence-electron chi connectivity index (χ0n) is 21.3. The number of nitrogens with zero attached hydrogens (tertiary/aromatic N) is 3. The Kier molecular flexibility index (Phi) is 10.1. The molecule has 0 radical (unpaired) electrons. The highest BCUT2D eigenvalue weighted by Gasteiger charge is 2.44. The molecule has 0 spiro atoms. The first-order chi connectivity index (χ1) is 18.6. The summed E-state index contributed by atoms with van der Waals surface area (Å²) in [4.78, 5) is 15.1. The van der Waals surface area contributed by atoms with Crippen LogP contribution in [-0.2, 0) is 43.6 Å². The zero-order chi connectivity index (χ0) is 26.6. The van der Waals surface area contributed by atoms with E-state index < -0.39 is 30.3 Å². The highest BCUT2D eigenvalue weighted by Crippen LogP contribution is 2.31. The Morgan fingerprint density at radius 3 is 1.82 bits per heavy atom. The molecule has 8 heteroatoms. The highest BCUT2D eigenvalue weighted by atomic mass is 16.6. The van der Waals surface area contributed by atoms with E-state index in [0.29, 0.717) is 13.2 Å². The summed E-state index contributed by atoms with van der Waals surface area (Å²) in [5, 5.41) is 3.93. The largest absolute Gasteiger partial charge is 0.459 e. The number of hydrogen-bond donors (Lipinski definition) is 0. The fraction of sp³-hybridized carbons (Fsp3) is 0.300. The summed E-state index contributed by atoms with van der Waals surface area (Å²) in [5.74, 6) is -0.500. The standard InChI is InChI=1S/C30H31N3O5/c1-22(34)38-29-27(32-33-31)17-26(21-35-18-23-11-5-2-6-12-23)28(36-19-24-13-7-3-8-14-24)30(29)37-20-25-15-9-4-10-16-25/h2-17,27-30H,18-21H2,1H3/t27-,28+,29+,30-/m0/s1. The minimum absolute atomic E-state index is 0.226. The maximum absolute atomic E-state index is 12.1. The Labute approximate surface area is 222 Å². The predicted octanol–water partition coefficient (Wildman–Crippen LogP) is 5.92. The number of rotatable bonds is 12. The Balaban J connectivity index is 1.63. The van der Waals surface area contributed by atoms with E-state index in [1.807, 2.05) is 91.0 Å². The Bertz CT molecular complexity index is 1230. The van der Waals surface area contributed by atoms with Crippen molar-refractivity contribution in [3.05, 3.63) is 130 Å². The number of esters is 1. The zero-order valence-corrected chi connectivity index (χ0v) is 21.3. The van der Waals surface area contributed by atoms with Gasteiger partial charge >= 0.3 is 5.97 Å². The monoisotopic (exact) mass is 513 g/mol. The molecule has 38 heavy (non-hydrogen) atoms. The van der Waals surface area contributed by atoms with Crippen molar-refractivity contribution in [2.45, 2.75) is 51.1 Å². The molecule has 0 saturated carbocycles. The molecule has 3 aromatic carbocycles. The van der Waals surface area contributed by atoms with Crippen LogP contribution < -0.4 is 0 Å². The van der Waals surface area contributed by atoms with Gasteiger partial charge in [0.1, 0.15) is 18.3 Å². The van der Waals surface area contributed by atoms with Gasteiger partial charge in [-0.3, -0.25) is 4.79 Å². The summed E-state index contributed by atoms with van der Waals surface area (Å²) in [6, 6.07) is 28.6. The van der Waals surface area contributed by atoms with Crippen molar-refractivity contribution < 1.29 is 23.7 Å². The summed E-state index contributed by atoms with van der Waals surface area (Å²) in [5.41, 5.74) is 13.0. The third-order valence-corrected chi connectivity index (χ3v) is 6.13. The fourth-order valence-electron chi connectivity index (χ4n) is 4.38. The molecule has 0 aliphatic heterocycles. The van der Waals surface area contributed by atoms with Crippen LogP contribution in [0.25, 0.3) is 10.4 Å². The number of carbonyl (C=O) groups is 1. The van der Waals surface area contributed by atoms with Crippen molar-refractivity contribution >= 4 is 5.97 Å². The second-order valence-corrected chi connectivity index (χ2v) is 8.97. The molecule has 0 amide bonds. The first-order valence-electron chi connectivity index (χ1n) is 12.5. The molecule has 0 fully saturated rings. The van der Waals surface area contributed by atoms with E-state index in [9.17, 15) is 10.3 Å². The van der Waals surface area contributed by atoms with Crippen LogP contribution >= 0.6 is 0 Å². The molecule has 0 N–H and O–H groups in total. The average molecular weight is 514 g/mol. The van der Waals surface area contributed by atoms with Crippen molar-refractivity contribution in [1.82, 2.24) is 0 Å². The van der Waals surface area contributed by atoms with Gasteiger partial charge in [0.2, 0.25) is 0 Å². The normalized spacial score (nSPS) is 20.7.